The second-order valence-corrected chi connectivity index (χ2v) is 4.32. The first-order valence-corrected chi connectivity index (χ1v) is 6.00. The van der Waals surface area contributed by atoms with Crippen molar-refractivity contribution in [3.8, 4) is 0 Å². The number of carboxylic acids is 1. The Hall–Kier alpha value is -1.85. The predicted octanol–water partition coefficient (Wildman–Crippen LogP) is 1.05. The first kappa shape index (κ1) is 14.2. The number of aryl methyl sites for hydroxylation is 1. The molecule has 0 saturated heterocycles. The normalized spacial score (nSPS) is 12.2. The van der Waals surface area contributed by atoms with E-state index in [4.69, 9.17) is 5.11 Å². The van der Waals surface area contributed by atoms with Gasteiger partial charge < -0.3 is 10.4 Å². The third-order valence-corrected chi connectivity index (χ3v) is 2.77. The zero-order valence-corrected chi connectivity index (χ0v) is 10.9. The van der Waals surface area contributed by atoms with Gasteiger partial charge >= 0.3 is 5.97 Å². The molecule has 1 heterocycles. The van der Waals surface area contributed by atoms with Gasteiger partial charge in [0.05, 0.1) is 17.7 Å². The van der Waals surface area contributed by atoms with Crippen molar-refractivity contribution in [2.24, 2.45) is 5.92 Å². The maximum atomic E-state index is 11.9. The number of aromatic nitrogens is 2. The summed E-state index contributed by atoms with van der Waals surface area (Å²) in [5, 5.41) is 15.5. The number of carbonyl (C=O) groups excluding carboxylic acids is 1. The minimum Gasteiger partial charge on any atom is -0.481 e. The Labute approximate surface area is 106 Å². The molecule has 0 bridgehead atoms. The average Bonchev–Trinajstić information content (AvgIpc) is 2.68. The third kappa shape index (κ3) is 3.32. The summed E-state index contributed by atoms with van der Waals surface area (Å²) < 4.78 is 1.77. The summed E-state index contributed by atoms with van der Waals surface area (Å²) in [6.07, 6.45) is 2.46. The second kappa shape index (κ2) is 6.18. The number of nitrogens with one attached hydrogen (secondary N) is 1. The fourth-order valence-corrected chi connectivity index (χ4v) is 1.53. The smallest absolute Gasteiger partial charge is 0.308 e. The molecule has 1 atom stereocenters. The van der Waals surface area contributed by atoms with Gasteiger partial charge in [-0.25, -0.2) is 0 Å². The summed E-state index contributed by atoms with van der Waals surface area (Å²) in [7, 11) is 0. The van der Waals surface area contributed by atoms with Crippen molar-refractivity contribution in [1.82, 2.24) is 15.1 Å². The lowest BCUT2D eigenvalue weighted by atomic mass is 10.2. The fraction of sp³-hybridized carbons (Fsp3) is 0.583. The molecule has 0 spiro atoms. The molecule has 18 heavy (non-hydrogen) atoms. The molecule has 6 nitrogen and oxygen atoms in total. The van der Waals surface area contributed by atoms with Gasteiger partial charge in [0.2, 0.25) is 0 Å². The zero-order valence-electron chi connectivity index (χ0n) is 10.9. The van der Waals surface area contributed by atoms with E-state index in [0.29, 0.717) is 5.56 Å². The number of rotatable bonds is 6. The van der Waals surface area contributed by atoms with Crippen molar-refractivity contribution in [2.75, 3.05) is 6.54 Å². The van der Waals surface area contributed by atoms with Gasteiger partial charge in [0, 0.05) is 18.8 Å². The maximum absolute atomic E-state index is 11.9. The maximum Gasteiger partial charge on any atom is 0.308 e. The van der Waals surface area contributed by atoms with E-state index in [1.165, 1.54) is 6.20 Å². The highest BCUT2D eigenvalue weighted by Crippen LogP contribution is 2.08. The van der Waals surface area contributed by atoms with Gasteiger partial charge in [-0.15, -0.1) is 0 Å². The number of carboxylic acid groups (broad SMARTS) is 1. The average molecular weight is 253 g/mol. The Morgan fingerprint density at radius 2 is 2.22 bits per heavy atom. The number of amides is 1. The highest BCUT2D eigenvalue weighted by Gasteiger charge is 2.16. The van der Waals surface area contributed by atoms with Gasteiger partial charge in [-0.2, -0.15) is 5.10 Å². The molecule has 6 heteroatoms. The van der Waals surface area contributed by atoms with E-state index >= 15 is 0 Å². The standard InChI is InChI=1S/C12H19N3O3/c1-4-5-15-9(3)10(7-14-15)11(16)13-6-8(2)12(17)18/h7-8H,4-6H2,1-3H3,(H,13,16)(H,17,18)/t8-/m1/s1. The van der Waals surface area contributed by atoms with Crippen molar-refractivity contribution in [3.63, 3.8) is 0 Å². The van der Waals surface area contributed by atoms with Crippen LogP contribution in [0.5, 0.6) is 0 Å². The van der Waals surface area contributed by atoms with Gasteiger partial charge in [-0.05, 0) is 13.3 Å². The number of nitrogens with zero attached hydrogens (tertiary/aromatic N) is 2. The molecule has 1 amide bonds. The van der Waals surface area contributed by atoms with Crippen LogP contribution in [0.15, 0.2) is 6.20 Å². The minimum absolute atomic E-state index is 0.118. The Kier molecular flexibility index (Phi) is 4.88. The lowest BCUT2D eigenvalue weighted by molar-refractivity contribution is -0.140. The van der Waals surface area contributed by atoms with Crippen LogP contribution in [0.2, 0.25) is 0 Å². The molecule has 0 aromatic carbocycles. The molecule has 100 valence electrons. The van der Waals surface area contributed by atoms with E-state index in [2.05, 4.69) is 10.4 Å². The van der Waals surface area contributed by atoms with E-state index in [1.54, 1.807) is 11.6 Å². The molecule has 0 radical (unpaired) electrons. The molecule has 0 aliphatic carbocycles. The Morgan fingerprint density at radius 1 is 1.56 bits per heavy atom. The summed E-state index contributed by atoms with van der Waals surface area (Å²) in [5.74, 6) is -1.79. The summed E-state index contributed by atoms with van der Waals surface area (Å²) in [6, 6.07) is 0. The molecule has 0 saturated carbocycles. The monoisotopic (exact) mass is 253 g/mol. The summed E-state index contributed by atoms with van der Waals surface area (Å²) in [5.41, 5.74) is 1.30. The summed E-state index contributed by atoms with van der Waals surface area (Å²) in [4.78, 5) is 22.5. The van der Waals surface area contributed by atoms with Gasteiger partial charge in [-0.3, -0.25) is 14.3 Å². The summed E-state index contributed by atoms with van der Waals surface area (Å²) in [6.45, 7) is 6.31. The van der Waals surface area contributed by atoms with E-state index < -0.39 is 11.9 Å². The lowest BCUT2D eigenvalue weighted by Gasteiger charge is -2.08. The van der Waals surface area contributed by atoms with Gasteiger partial charge in [0.1, 0.15) is 0 Å². The minimum atomic E-state index is -0.922. The van der Waals surface area contributed by atoms with Crippen LogP contribution in [0.25, 0.3) is 0 Å². The molecule has 1 aromatic heterocycles. The van der Waals surface area contributed by atoms with E-state index in [9.17, 15) is 9.59 Å². The molecule has 0 aliphatic rings. The molecule has 0 aliphatic heterocycles. The van der Waals surface area contributed by atoms with Crippen molar-refractivity contribution < 1.29 is 14.7 Å². The third-order valence-electron chi connectivity index (χ3n) is 2.77. The molecule has 1 aromatic rings. The van der Waals surface area contributed by atoms with Crippen LogP contribution < -0.4 is 5.32 Å². The van der Waals surface area contributed by atoms with E-state index in [0.717, 1.165) is 18.7 Å². The fourth-order valence-electron chi connectivity index (χ4n) is 1.53. The van der Waals surface area contributed by atoms with Crippen LogP contribution in [0.4, 0.5) is 0 Å². The molecule has 0 fully saturated rings. The number of carbonyl (C=O) groups is 2. The van der Waals surface area contributed by atoms with Crippen LogP contribution >= 0.6 is 0 Å². The van der Waals surface area contributed by atoms with Crippen molar-refractivity contribution in [1.29, 1.82) is 0 Å². The van der Waals surface area contributed by atoms with Gasteiger partial charge in [0.25, 0.3) is 5.91 Å². The zero-order chi connectivity index (χ0) is 13.7. The van der Waals surface area contributed by atoms with Gasteiger partial charge in [-0.1, -0.05) is 13.8 Å². The van der Waals surface area contributed by atoms with Crippen molar-refractivity contribution in [2.45, 2.75) is 33.7 Å². The Morgan fingerprint density at radius 3 is 2.78 bits per heavy atom. The van der Waals surface area contributed by atoms with E-state index in [1.807, 2.05) is 13.8 Å². The number of aliphatic carboxylic acids is 1. The van der Waals surface area contributed by atoms with Crippen LogP contribution in [0.3, 0.4) is 0 Å². The predicted molar refractivity (Wildman–Crippen MR) is 66.4 cm³/mol. The van der Waals surface area contributed by atoms with Crippen molar-refractivity contribution >= 4 is 11.9 Å². The molecule has 0 unspecified atom stereocenters. The second-order valence-electron chi connectivity index (χ2n) is 4.32. The van der Waals surface area contributed by atoms with Crippen LogP contribution in [0, 0.1) is 12.8 Å². The van der Waals surface area contributed by atoms with Crippen LogP contribution in [0.1, 0.15) is 36.3 Å². The Balaban J connectivity index is 2.64. The largest absolute Gasteiger partial charge is 0.481 e. The summed E-state index contributed by atoms with van der Waals surface area (Å²) >= 11 is 0. The van der Waals surface area contributed by atoms with E-state index in [-0.39, 0.29) is 12.5 Å². The molecular weight excluding hydrogens is 234 g/mol. The number of hydrogen-bond donors (Lipinski definition) is 2. The van der Waals surface area contributed by atoms with Crippen LogP contribution in [-0.2, 0) is 11.3 Å². The van der Waals surface area contributed by atoms with Crippen molar-refractivity contribution in [3.05, 3.63) is 17.5 Å². The molecule has 1 rings (SSSR count). The van der Waals surface area contributed by atoms with Crippen LogP contribution in [-0.4, -0.2) is 33.3 Å². The molecule has 2 N–H and O–H groups in total. The first-order valence-electron chi connectivity index (χ1n) is 6.00. The lowest BCUT2D eigenvalue weighted by Crippen LogP contribution is -2.31. The first-order chi connectivity index (χ1) is 8.47. The SMILES string of the molecule is CCCn1ncc(C(=O)NC[C@@H](C)C(=O)O)c1C. The number of hydrogen-bond acceptors (Lipinski definition) is 3. The highest BCUT2D eigenvalue weighted by atomic mass is 16.4. The topological polar surface area (TPSA) is 84.2 Å². The molecular formula is C12H19N3O3. The van der Waals surface area contributed by atoms with Gasteiger partial charge in [0.15, 0.2) is 0 Å². The quantitative estimate of drug-likeness (QED) is 0.793. The Bertz CT molecular complexity index is 440. The highest BCUT2D eigenvalue weighted by molar-refractivity contribution is 5.95.